The monoisotopic (exact) mass is 310 g/mol. The largest absolute Gasteiger partial charge is 0.491 e. The number of hydrogen-bond donors (Lipinski definition) is 1. The number of rotatable bonds is 2. The second-order valence-corrected chi connectivity index (χ2v) is 4.66. The number of nitrogens with zero attached hydrogens (tertiary/aromatic N) is 2. The molecule has 2 aromatic carbocycles. The van der Waals surface area contributed by atoms with Crippen LogP contribution in [0.25, 0.3) is 0 Å². The van der Waals surface area contributed by atoms with Crippen LogP contribution in [0.15, 0.2) is 48.5 Å². The van der Waals surface area contributed by atoms with Crippen molar-refractivity contribution in [3.63, 3.8) is 0 Å². The molecule has 0 radical (unpaired) electrons. The molecule has 0 aromatic heterocycles. The van der Waals surface area contributed by atoms with Crippen molar-refractivity contribution < 1.29 is 9.68 Å². The van der Waals surface area contributed by atoms with Gasteiger partial charge in [0.1, 0.15) is 0 Å². The Hall–Kier alpha value is -2.29. The molecule has 0 fully saturated rings. The molecule has 5 heteroatoms. The summed E-state index contributed by atoms with van der Waals surface area (Å²) in [4.78, 5) is 2.12. The van der Waals surface area contributed by atoms with Gasteiger partial charge in [0.25, 0.3) is 0 Å². The molecule has 0 saturated heterocycles. The smallest absolute Gasteiger partial charge is 0.423 e. The summed E-state index contributed by atoms with van der Waals surface area (Å²) in [5.41, 5.74) is 4.16. The molecule has 1 N–H and O–H groups in total. The van der Waals surface area contributed by atoms with Crippen molar-refractivity contribution in [2.24, 2.45) is 0 Å². The first-order valence-corrected chi connectivity index (χ1v) is 7.69. The predicted octanol–water partition coefficient (Wildman–Crippen LogP) is 3.23. The quantitative estimate of drug-likeness (QED) is 0.865. The number of nitriles is 1. The maximum Gasteiger partial charge on any atom is 0.491 e. The molecule has 0 amide bonds. The fraction of sp³-hybridized carbons (Fsp3) is 0.278. The Bertz CT molecular complexity index is 641. The highest BCUT2D eigenvalue weighted by Gasteiger charge is 2.27. The molecule has 0 aliphatic carbocycles. The Morgan fingerprint density at radius 1 is 1.13 bits per heavy atom. The SMILES string of the molecule is CC.CC#N.CN(c1ccccc1)c1ccc2c(c1)COB2O. The van der Waals surface area contributed by atoms with E-state index in [9.17, 15) is 5.02 Å². The zero-order chi connectivity index (χ0) is 17.2. The third-order valence-corrected chi connectivity index (χ3v) is 3.32. The summed E-state index contributed by atoms with van der Waals surface area (Å²) >= 11 is 0. The summed E-state index contributed by atoms with van der Waals surface area (Å²) < 4.78 is 5.20. The lowest BCUT2D eigenvalue weighted by Gasteiger charge is -2.20. The minimum absolute atomic E-state index is 0.479. The topological polar surface area (TPSA) is 56.5 Å². The highest BCUT2D eigenvalue weighted by Crippen LogP contribution is 2.24. The molecule has 0 atom stereocenters. The van der Waals surface area contributed by atoms with Gasteiger partial charge >= 0.3 is 7.12 Å². The Balaban J connectivity index is 0.000000477. The summed E-state index contributed by atoms with van der Waals surface area (Å²) in [6.45, 7) is 5.91. The third-order valence-electron chi connectivity index (χ3n) is 3.32. The average Bonchev–Trinajstić information content (AvgIpc) is 2.98. The van der Waals surface area contributed by atoms with E-state index in [0.29, 0.717) is 6.61 Å². The normalized spacial score (nSPS) is 11.2. The van der Waals surface area contributed by atoms with Gasteiger partial charge in [0.2, 0.25) is 0 Å². The highest BCUT2D eigenvalue weighted by molar-refractivity contribution is 6.61. The van der Waals surface area contributed by atoms with Crippen LogP contribution in [-0.2, 0) is 11.3 Å². The molecule has 1 aliphatic rings. The Labute approximate surface area is 139 Å². The van der Waals surface area contributed by atoms with Crippen LogP contribution in [0.3, 0.4) is 0 Å². The molecule has 120 valence electrons. The third kappa shape index (κ3) is 4.85. The van der Waals surface area contributed by atoms with Crippen molar-refractivity contribution in [1.82, 2.24) is 0 Å². The molecule has 0 bridgehead atoms. The number of fused-ring (bicyclic) bond motifs is 1. The van der Waals surface area contributed by atoms with Gasteiger partial charge in [-0.3, -0.25) is 0 Å². The van der Waals surface area contributed by atoms with Gasteiger partial charge in [0, 0.05) is 25.3 Å². The second kappa shape index (κ2) is 9.68. The second-order valence-electron chi connectivity index (χ2n) is 4.66. The molecule has 0 spiro atoms. The molecular weight excluding hydrogens is 287 g/mol. The van der Waals surface area contributed by atoms with Gasteiger partial charge in [-0.15, -0.1) is 0 Å². The van der Waals surface area contributed by atoms with E-state index < -0.39 is 7.12 Å². The Morgan fingerprint density at radius 3 is 2.35 bits per heavy atom. The fourth-order valence-electron chi connectivity index (χ4n) is 2.23. The first kappa shape index (κ1) is 18.8. The van der Waals surface area contributed by atoms with Crippen LogP contribution < -0.4 is 10.4 Å². The van der Waals surface area contributed by atoms with Gasteiger partial charge in [-0.25, -0.2) is 0 Å². The number of para-hydroxylation sites is 1. The number of hydrogen-bond acceptors (Lipinski definition) is 4. The van der Waals surface area contributed by atoms with Gasteiger partial charge in [-0.05, 0) is 35.3 Å². The van der Waals surface area contributed by atoms with Crippen molar-refractivity contribution in [2.75, 3.05) is 11.9 Å². The van der Waals surface area contributed by atoms with Crippen molar-refractivity contribution in [3.8, 4) is 6.07 Å². The van der Waals surface area contributed by atoms with E-state index in [0.717, 1.165) is 22.4 Å². The lowest BCUT2D eigenvalue weighted by Crippen LogP contribution is -2.28. The van der Waals surface area contributed by atoms with Gasteiger partial charge in [0.05, 0.1) is 12.7 Å². The molecule has 4 nitrogen and oxygen atoms in total. The maximum absolute atomic E-state index is 9.59. The highest BCUT2D eigenvalue weighted by atomic mass is 16.5. The van der Waals surface area contributed by atoms with E-state index in [1.54, 1.807) is 6.07 Å². The zero-order valence-corrected chi connectivity index (χ0v) is 14.2. The van der Waals surface area contributed by atoms with Crippen molar-refractivity contribution in [1.29, 1.82) is 5.26 Å². The van der Waals surface area contributed by atoms with Crippen LogP contribution in [0, 0.1) is 11.3 Å². The summed E-state index contributed by atoms with van der Waals surface area (Å²) in [6, 6.07) is 17.9. The lowest BCUT2D eigenvalue weighted by molar-refractivity contribution is 0.275. The Morgan fingerprint density at radius 2 is 1.74 bits per heavy atom. The van der Waals surface area contributed by atoms with E-state index in [2.05, 4.69) is 23.1 Å². The van der Waals surface area contributed by atoms with Gasteiger partial charge in [-0.1, -0.05) is 38.1 Å². The maximum atomic E-state index is 9.59. The van der Waals surface area contributed by atoms with E-state index in [1.165, 1.54) is 6.92 Å². The first-order valence-electron chi connectivity index (χ1n) is 7.69. The standard InChI is InChI=1S/C14H14BNO2.C2H3N.C2H6/c1-16(12-5-3-2-4-6-12)13-7-8-14-11(9-13)10-18-15(14)17;1-2-3;1-2/h2-9,17H,10H2,1H3;1H3;1-2H3. The molecule has 23 heavy (non-hydrogen) atoms. The fourth-order valence-corrected chi connectivity index (χ4v) is 2.23. The molecule has 0 unspecified atom stereocenters. The summed E-state index contributed by atoms with van der Waals surface area (Å²) in [6.07, 6.45) is 0. The molecule has 1 heterocycles. The van der Waals surface area contributed by atoms with Crippen molar-refractivity contribution in [3.05, 3.63) is 54.1 Å². The minimum Gasteiger partial charge on any atom is -0.423 e. The minimum atomic E-state index is -0.768. The van der Waals surface area contributed by atoms with Gasteiger partial charge in [-0.2, -0.15) is 5.26 Å². The number of anilines is 2. The molecule has 1 aliphatic heterocycles. The van der Waals surface area contributed by atoms with Crippen LogP contribution >= 0.6 is 0 Å². The van der Waals surface area contributed by atoms with Crippen LogP contribution in [-0.4, -0.2) is 19.2 Å². The van der Waals surface area contributed by atoms with E-state index in [1.807, 2.05) is 51.2 Å². The van der Waals surface area contributed by atoms with Crippen LogP contribution in [0.1, 0.15) is 26.3 Å². The van der Waals surface area contributed by atoms with Crippen molar-refractivity contribution in [2.45, 2.75) is 27.4 Å². The predicted molar refractivity (Wildman–Crippen MR) is 96.0 cm³/mol. The zero-order valence-electron chi connectivity index (χ0n) is 14.2. The molecule has 0 saturated carbocycles. The summed E-state index contributed by atoms with van der Waals surface area (Å²) in [5, 5.41) is 16.9. The van der Waals surface area contributed by atoms with Crippen molar-refractivity contribution >= 4 is 24.0 Å². The van der Waals surface area contributed by atoms with Gasteiger partial charge < -0.3 is 14.6 Å². The van der Waals surface area contributed by atoms with E-state index in [4.69, 9.17) is 9.92 Å². The summed E-state index contributed by atoms with van der Waals surface area (Å²) in [5.74, 6) is 0. The van der Waals surface area contributed by atoms with Gasteiger partial charge in [0.15, 0.2) is 0 Å². The Kier molecular flexibility index (Phi) is 7.89. The van der Waals surface area contributed by atoms with Crippen LogP contribution in [0.5, 0.6) is 0 Å². The molecule has 3 rings (SSSR count). The summed E-state index contributed by atoms with van der Waals surface area (Å²) in [7, 11) is 1.26. The average molecular weight is 310 g/mol. The number of benzene rings is 2. The molecule has 2 aromatic rings. The van der Waals surface area contributed by atoms with E-state index >= 15 is 0 Å². The first-order chi connectivity index (χ1) is 11.2. The lowest BCUT2D eigenvalue weighted by atomic mass is 9.79. The van der Waals surface area contributed by atoms with E-state index in [-0.39, 0.29) is 0 Å². The van der Waals surface area contributed by atoms with Crippen LogP contribution in [0.2, 0.25) is 0 Å². The van der Waals surface area contributed by atoms with Crippen LogP contribution in [0.4, 0.5) is 11.4 Å². The molecular formula is C18H23BN2O2.